The van der Waals surface area contributed by atoms with E-state index in [1.165, 1.54) is 11.1 Å². The van der Waals surface area contributed by atoms with Crippen molar-refractivity contribution in [3.05, 3.63) is 59.2 Å². The van der Waals surface area contributed by atoms with Gasteiger partial charge in [0.2, 0.25) is 5.91 Å². The first kappa shape index (κ1) is 15.6. The maximum absolute atomic E-state index is 12.3. The van der Waals surface area contributed by atoms with E-state index in [1.807, 2.05) is 32.0 Å². The van der Waals surface area contributed by atoms with Gasteiger partial charge in [0.05, 0.1) is 11.3 Å². The number of para-hydroxylation sites is 1. The Morgan fingerprint density at radius 2 is 1.86 bits per heavy atom. The van der Waals surface area contributed by atoms with Crippen LogP contribution < -0.4 is 10.6 Å². The zero-order chi connectivity index (χ0) is 16.1. The number of hydrogen-bond donors (Lipinski definition) is 2. The molecule has 0 aliphatic rings. The summed E-state index contributed by atoms with van der Waals surface area (Å²) in [4.78, 5) is 12.3. The number of aryl methyl sites for hydroxylation is 2. The van der Waals surface area contributed by atoms with E-state index in [0.717, 1.165) is 5.69 Å². The molecule has 1 unspecified atom stereocenters. The number of nitrogens with one attached hydrogen (secondary N) is 2. The van der Waals surface area contributed by atoms with Gasteiger partial charge in [-0.1, -0.05) is 18.2 Å². The molecule has 1 amide bonds. The Morgan fingerprint density at radius 1 is 1.14 bits per heavy atom. The highest BCUT2D eigenvalue weighted by Gasteiger charge is 2.14. The minimum Gasteiger partial charge on any atom is -0.374 e. The maximum atomic E-state index is 12.3. The first-order valence-electron chi connectivity index (χ1n) is 7.15. The number of benzene rings is 2. The molecule has 0 fully saturated rings. The molecule has 1 atom stereocenters. The van der Waals surface area contributed by atoms with Crippen LogP contribution in [-0.4, -0.2) is 11.9 Å². The molecule has 112 valence electrons. The van der Waals surface area contributed by atoms with E-state index in [2.05, 4.69) is 16.7 Å². The summed E-state index contributed by atoms with van der Waals surface area (Å²) in [5.74, 6) is -0.180. The van der Waals surface area contributed by atoms with Crippen LogP contribution in [0.1, 0.15) is 23.6 Å². The average molecular weight is 293 g/mol. The summed E-state index contributed by atoms with van der Waals surface area (Å²) < 4.78 is 0. The van der Waals surface area contributed by atoms with Crippen molar-refractivity contribution in [2.24, 2.45) is 0 Å². The largest absolute Gasteiger partial charge is 0.374 e. The molecule has 4 nitrogen and oxygen atoms in total. The summed E-state index contributed by atoms with van der Waals surface area (Å²) in [6.45, 7) is 5.88. The SMILES string of the molecule is Cc1ccc(NC(C)C(=O)Nc2ccccc2C#N)cc1C. The van der Waals surface area contributed by atoms with Crippen LogP contribution in [0.25, 0.3) is 0 Å². The normalized spacial score (nSPS) is 11.4. The number of amides is 1. The second-order valence-corrected chi connectivity index (χ2v) is 5.31. The topological polar surface area (TPSA) is 64.9 Å². The number of nitriles is 1. The Balaban J connectivity index is 2.06. The third-order valence-corrected chi connectivity index (χ3v) is 3.59. The highest BCUT2D eigenvalue weighted by atomic mass is 16.2. The molecule has 0 saturated carbocycles. The van der Waals surface area contributed by atoms with Gasteiger partial charge in [-0.15, -0.1) is 0 Å². The van der Waals surface area contributed by atoms with Gasteiger partial charge in [0.25, 0.3) is 0 Å². The Bertz CT molecular complexity index is 731. The standard InChI is InChI=1S/C18H19N3O/c1-12-8-9-16(10-13(12)2)20-14(3)18(22)21-17-7-5-4-6-15(17)11-19/h4-10,14,20H,1-3H3,(H,21,22). The molecule has 2 aromatic rings. The highest BCUT2D eigenvalue weighted by molar-refractivity contribution is 5.97. The van der Waals surface area contributed by atoms with Crippen LogP contribution in [0.2, 0.25) is 0 Å². The lowest BCUT2D eigenvalue weighted by atomic mass is 10.1. The van der Waals surface area contributed by atoms with Crippen molar-refractivity contribution < 1.29 is 4.79 Å². The predicted octanol–water partition coefficient (Wildman–Crippen LogP) is 3.61. The number of carbonyl (C=O) groups is 1. The Kier molecular flexibility index (Phi) is 4.80. The summed E-state index contributed by atoms with van der Waals surface area (Å²) in [6, 6.07) is 14.6. The fourth-order valence-electron chi connectivity index (χ4n) is 2.08. The van der Waals surface area contributed by atoms with E-state index in [-0.39, 0.29) is 5.91 Å². The first-order chi connectivity index (χ1) is 10.5. The fourth-order valence-corrected chi connectivity index (χ4v) is 2.08. The van der Waals surface area contributed by atoms with Crippen molar-refractivity contribution in [1.29, 1.82) is 5.26 Å². The highest BCUT2D eigenvalue weighted by Crippen LogP contribution is 2.17. The van der Waals surface area contributed by atoms with Gasteiger partial charge in [0.1, 0.15) is 12.1 Å². The summed E-state index contributed by atoms with van der Waals surface area (Å²) >= 11 is 0. The number of anilines is 2. The smallest absolute Gasteiger partial charge is 0.246 e. The van der Waals surface area contributed by atoms with Crippen LogP contribution in [-0.2, 0) is 4.79 Å². The lowest BCUT2D eigenvalue weighted by Gasteiger charge is -2.16. The minimum atomic E-state index is -0.408. The van der Waals surface area contributed by atoms with Gasteiger partial charge in [-0.3, -0.25) is 4.79 Å². The molecular formula is C18H19N3O. The molecule has 0 aromatic heterocycles. The van der Waals surface area contributed by atoms with E-state index in [0.29, 0.717) is 11.3 Å². The second-order valence-electron chi connectivity index (χ2n) is 5.31. The minimum absolute atomic E-state index is 0.180. The van der Waals surface area contributed by atoms with E-state index in [4.69, 9.17) is 5.26 Å². The lowest BCUT2D eigenvalue weighted by Crippen LogP contribution is -2.32. The third kappa shape index (κ3) is 3.64. The summed E-state index contributed by atoms with van der Waals surface area (Å²) in [5.41, 5.74) is 4.27. The molecule has 22 heavy (non-hydrogen) atoms. The van der Waals surface area contributed by atoms with Gasteiger partial charge in [-0.05, 0) is 56.2 Å². The van der Waals surface area contributed by atoms with Crippen molar-refractivity contribution in [2.75, 3.05) is 10.6 Å². The van der Waals surface area contributed by atoms with E-state index in [1.54, 1.807) is 31.2 Å². The van der Waals surface area contributed by atoms with Crippen LogP contribution in [0.3, 0.4) is 0 Å². The van der Waals surface area contributed by atoms with Crippen molar-refractivity contribution in [3.63, 3.8) is 0 Å². The van der Waals surface area contributed by atoms with Gasteiger partial charge in [0.15, 0.2) is 0 Å². The first-order valence-corrected chi connectivity index (χ1v) is 7.15. The molecule has 0 aliphatic carbocycles. The van der Waals surface area contributed by atoms with Crippen molar-refractivity contribution in [2.45, 2.75) is 26.8 Å². The molecule has 2 rings (SSSR count). The molecule has 0 heterocycles. The monoisotopic (exact) mass is 293 g/mol. The fraction of sp³-hybridized carbons (Fsp3) is 0.222. The molecule has 0 spiro atoms. The summed E-state index contributed by atoms with van der Waals surface area (Å²) in [7, 11) is 0. The van der Waals surface area contributed by atoms with Gasteiger partial charge >= 0.3 is 0 Å². The predicted molar refractivity (Wildman–Crippen MR) is 88.8 cm³/mol. The maximum Gasteiger partial charge on any atom is 0.246 e. The van der Waals surface area contributed by atoms with E-state index >= 15 is 0 Å². The van der Waals surface area contributed by atoms with Crippen molar-refractivity contribution >= 4 is 17.3 Å². The number of rotatable bonds is 4. The van der Waals surface area contributed by atoms with Crippen LogP contribution in [0.4, 0.5) is 11.4 Å². The van der Waals surface area contributed by atoms with Gasteiger partial charge in [0, 0.05) is 5.69 Å². The average Bonchev–Trinajstić information content (AvgIpc) is 2.51. The van der Waals surface area contributed by atoms with Crippen LogP contribution >= 0.6 is 0 Å². The van der Waals surface area contributed by atoms with E-state index < -0.39 is 6.04 Å². The van der Waals surface area contributed by atoms with Crippen LogP contribution in [0.15, 0.2) is 42.5 Å². The number of nitrogens with zero attached hydrogens (tertiary/aromatic N) is 1. The Hall–Kier alpha value is -2.80. The van der Waals surface area contributed by atoms with E-state index in [9.17, 15) is 4.79 Å². The molecule has 0 radical (unpaired) electrons. The molecule has 2 aromatic carbocycles. The zero-order valence-electron chi connectivity index (χ0n) is 13.0. The van der Waals surface area contributed by atoms with Gasteiger partial charge < -0.3 is 10.6 Å². The Morgan fingerprint density at radius 3 is 2.55 bits per heavy atom. The van der Waals surface area contributed by atoms with Crippen LogP contribution in [0, 0.1) is 25.2 Å². The molecule has 4 heteroatoms. The van der Waals surface area contributed by atoms with Gasteiger partial charge in [-0.2, -0.15) is 5.26 Å². The Labute approximate surface area is 130 Å². The molecular weight excluding hydrogens is 274 g/mol. The molecule has 0 bridgehead atoms. The lowest BCUT2D eigenvalue weighted by molar-refractivity contribution is -0.116. The summed E-state index contributed by atoms with van der Waals surface area (Å²) in [5, 5.41) is 15.0. The third-order valence-electron chi connectivity index (χ3n) is 3.59. The zero-order valence-corrected chi connectivity index (χ0v) is 13.0. The van der Waals surface area contributed by atoms with Crippen molar-refractivity contribution in [3.8, 4) is 6.07 Å². The van der Waals surface area contributed by atoms with Gasteiger partial charge in [-0.25, -0.2) is 0 Å². The number of carbonyl (C=O) groups excluding carboxylic acids is 1. The number of hydrogen-bond acceptors (Lipinski definition) is 3. The molecule has 2 N–H and O–H groups in total. The van der Waals surface area contributed by atoms with Crippen LogP contribution in [0.5, 0.6) is 0 Å². The quantitative estimate of drug-likeness (QED) is 0.905. The summed E-state index contributed by atoms with van der Waals surface area (Å²) in [6.07, 6.45) is 0. The molecule has 0 aliphatic heterocycles. The molecule has 0 saturated heterocycles. The second kappa shape index (κ2) is 6.77. The van der Waals surface area contributed by atoms with Crippen molar-refractivity contribution in [1.82, 2.24) is 0 Å².